The van der Waals surface area contributed by atoms with E-state index in [-0.39, 0.29) is 0 Å². The molecule has 0 bridgehead atoms. The van der Waals surface area contributed by atoms with Crippen LogP contribution in [0.2, 0.25) is 0 Å². The number of anilines is 1. The predicted octanol–water partition coefficient (Wildman–Crippen LogP) is 3.51. The van der Waals surface area contributed by atoms with Gasteiger partial charge in [0.2, 0.25) is 0 Å². The molecular weight excluding hydrogens is 340 g/mol. The lowest BCUT2D eigenvalue weighted by molar-refractivity contribution is 0.328. The highest BCUT2D eigenvalue weighted by atomic mass is 16.5. The van der Waals surface area contributed by atoms with Crippen LogP contribution in [-0.4, -0.2) is 35.2 Å². The second kappa shape index (κ2) is 7.61. The average molecular weight is 362 g/mol. The van der Waals surface area contributed by atoms with Crippen molar-refractivity contribution in [3.63, 3.8) is 0 Å². The van der Waals surface area contributed by atoms with E-state index < -0.39 is 0 Å². The lowest BCUT2D eigenvalue weighted by Crippen LogP contribution is -2.26. The van der Waals surface area contributed by atoms with E-state index >= 15 is 0 Å². The highest BCUT2D eigenvalue weighted by Crippen LogP contribution is 2.30. The summed E-state index contributed by atoms with van der Waals surface area (Å²) in [5, 5.41) is 0. The molecule has 1 aliphatic heterocycles. The van der Waals surface area contributed by atoms with Crippen molar-refractivity contribution in [2.75, 3.05) is 25.2 Å². The van der Waals surface area contributed by atoms with Crippen LogP contribution in [0.4, 0.5) is 5.82 Å². The molecule has 0 amide bonds. The summed E-state index contributed by atoms with van der Waals surface area (Å²) < 4.78 is 11.2. The minimum absolute atomic E-state index is 0.593. The first-order valence-electron chi connectivity index (χ1n) is 9.10. The monoisotopic (exact) mass is 362 g/mol. The number of nitrogens with zero attached hydrogens (tertiary/aromatic N) is 4. The number of hydrogen-bond donors (Lipinski definition) is 0. The van der Waals surface area contributed by atoms with E-state index in [1.807, 2.05) is 24.3 Å². The summed E-state index contributed by atoms with van der Waals surface area (Å²) in [5.41, 5.74) is 3.11. The van der Waals surface area contributed by atoms with E-state index in [2.05, 4.69) is 28.9 Å². The Morgan fingerprint density at radius 3 is 2.74 bits per heavy atom. The zero-order chi connectivity index (χ0) is 18.6. The van der Waals surface area contributed by atoms with Gasteiger partial charge >= 0.3 is 0 Å². The summed E-state index contributed by atoms with van der Waals surface area (Å²) in [6, 6.07) is 11.9. The van der Waals surface area contributed by atoms with Gasteiger partial charge in [-0.2, -0.15) is 0 Å². The van der Waals surface area contributed by atoms with E-state index in [1.54, 1.807) is 19.5 Å². The van der Waals surface area contributed by atoms with Gasteiger partial charge in [0.1, 0.15) is 23.9 Å². The molecule has 0 spiro atoms. The number of rotatable bonds is 4. The maximum atomic E-state index is 5.94. The predicted molar refractivity (Wildman–Crippen MR) is 104 cm³/mol. The Hall–Kier alpha value is -3.15. The summed E-state index contributed by atoms with van der Waals surface area (Å²) >= 11 is 0. The van der Waals surface area contributed by atoms with Gasteiger partial charge in [-0.25, -0.2) is 9.97 Å². The summed E-state index contributed by atoms with van der Waals surface area (Å²) in [6.07, 6.45) is 4.38. The Morgan fingerprint density at radius 1 is 1.11 bits per heavy atom. The summed E-state index contributed by atoms with van der Waals surface area (Å²) in [6.45, 7) is 4.19. The molecule has 0 fully saturated rings. The van der Waals surface area contributed by atoms with Crippen LogP contribution in [0.25, 0.3) is 11.4 Å². The summed E-state index contributed by atoms with van der Waals surface area (Å²) in [7, 11) is 1.67. The van der Waals surface area contributed by atoms with Gasteiger partial charge in [-0.1, -0.05) is 6.92 Å². The number of hydrogen-bond acceptors (Lipinski definition) is 6. The number of pyridine rings is 1. The first-order chi connectivity index (χ1) is 13.3. The quantitative estimate of drug-likeness (QED) is 0.708. The smallest absolute Gasteiger partial charge is 0.161 e. The van der Waals surface area contributed by atoms with E-state index in [4.69, 9.17) is 19.4 Å². The second-order valence-corrected chi connectivity index (χ2v) is 6.37. The van der Waals surface area contributed by atoms with Crippen molar-refractivity contribution in [1.29, 1.82) is 0 Å². The average Bonchev–Trinajstić information content (AvgIpc) is 2.95. The Balaban J connectivity index is 1.69. The number of benzene rings is 1. The molecule has 0 N–H and O–H groups in total. The Bertz CT molecular complexity index is 931. The van der Waals surface area contributed by atoms with Crippen molar-refractivity contribution < 1.29 is 9.47 Å². The van der Waals surface area contributed by atoms with Crippen LogP contribution in [0.5, 0.6) is 11.5 Å². The molecule has 3 heterocycles. The Morgan fingerprint density at radius 2 is 1.96 bits per heavy atom. The number of aromatic nitrogens is 3. The fraction of sp³-hybridized carbons (Fsp3) is 0.286. The van der Waals surface area contributed by atoms with Crippen molar-refractivity contribution in [3.05, 3.63) is 60.0 Å². The topological polar surface area (TPSA) is 60.4 Å². The molecule has 1 aromatic carbocycles. The molecular formula is C21H22N4O2. The zero-order valence-electron chi connectivity index (χ0n) is 15.6. The van der Waals surface area contributed by atoms with Crippen LogP contribution in [0.15, 0.2) is 48.8 Å². The van der Waals surface area contributed by atoms with Gasteiger partial charge in [0.05, 0.1) is 13.7 Å². The summed E-state index contributed by atoms with van der Waals surface area (Å²) in [4.78, 5) is 15.8. The lowest BCUT2D eigenvalue weighted by atomic mass is 10.1. The molecule has 1 aliphatic rings. The maximum Gasteiger partial charge on any atom is 0.161 e. The standard InChI is InChI=1S/C21H22N4O2/c1-3-17-12-20(24-21(23-17)15-6-8-22-9-7-15)25-10-11-27-19-13-18(26-2)5-4-16(19)14-25/h4-9,12-13H,3,10-11,14H2,1-2H3. The Kier molecular flexibility index (Phi) is 4.87. The normalized spacial score (nSPS) is 13.5. The molecule has 4 rings (SSSR count). The van der Waals surface area contributed by atoms with Crippen molar-refractivity contribution in [1.82, 2.24) is 15.0 Å². The van der Waals surface area contributed by atoms with E-state index in [1.165, 1.54) is 0 Å². The summed E-state index contributed by atoms with van der Waals surface area (Å²) in [5.74, 6) is 3.32. The molecule has 3 aromatic rings. The van der Waals surface area contributed by atoms with Gasteiger partial charge in [0, 0.05) is 47.9 Å². The fourth-order valence-electron chi connectivity index (χ4n) is 3.13. The van der Waals surface area contributed by atoms with Gasteiger partial charge in [-0.15, -0.1) is 0 Å². The van der Waals surface area contributed by atoms with Crippen molar-refractivity contribution >= 4 is 5.82 Å². The van der Waals surface area contributed by atoms with Crippen molar-refractivity contribution in [2.45, 2.75) is 19.9 Å². The molecule has 0 aliphatic carbocycles. The number of aryl methyl sites for hydroxylation is 1. The third-order valence-corrected chi connectivity index (χ3v) is 4.64. The van der Waals surface area contributed by atoms with E-state index in [9.17, 15) is 0 Å². The maximum absolute atomic E-state index is 5.94. The molecule has 0 saturated heterocycles. The second-order valence-electron chi connectivity index (χ2n) is 6.37. The molecule has 6 nitrogen and oxygen atoms in total. The van der Waals surface area contributed by atoms with Gasteiger partial charge in [-0.3, -0.25) is 4.98 Å². The third-order valence-electron chi connectivity index (χ3n) is 4.64. The first kappa shape index (κ1) is 17.3. The fourth-order valence-corrected chi connectivity index (χ4v) is 3.13. The SMILES string of the molecule is CCc1cc(N2CCOc3cc(OC)ccc3C2)nc(-c2ccncc2)n1. The number of fused-ring (bicyclic) bond motifs is 1. The van der Waals surface area contributed by atoms with Crippen LogP contribution >= 0.6 is 0 Å². The van der Waals surface area contributed by atoms with Crippen LogP contribution in [0.3, 0.4) is 0 Å². The van der Waals surface area contributed by atoms with Gasteiger partial charge < -0.3 is 14.4 Å². The van der Waals surface area contributed by atoms with Crippen molar-refractivity contribution in [2.24, 2.45) is 0 Å². The highest BCUT2D eigenvalue weighted by Gasteiger charge is 2.19. The minimum atomic E-state index is 0.593. The number of ether oxygens (including phenoxy) is 2. The molecule has 2 aromatic heterocycles. The van der Waals surface area contributed by atoms with Crippen LogP contribution < -0.4 is 14.4 Å². The van der Waals surface area contributed by atoms with E-state index in [0.29, 0.717) is 6.61 Å². The minimum Gasteiger partial charge on any atom is -0.497 e. The van der Waals surface area contributed by atoms with Gasteiger partial charge in [-0.05, 0) is 30.7 Å². The third kappa shape index (κ3) is 3.69. The van der Waals surface area contributed by atoms with Crippen molar-refractivity contribution in [3.8, 4) is 22.9 Å². The first-order valence-corrected chi connectivity index (χ1v) is 9.10. The zero-order valence-corrected chi connectivity index (χ0v) is 15.6. The van der Waals surface area contributed by atoms with Crippen LogP contribution in [-0.2, 0) is 13.0 Å². The number of methoxy groups -OCH3 is 1. The van der Waals surface area contributed by atoms with Gasteiger partial charge in [0.15, 0.2) is 5.82 Å². The molecule has 0 saturated carbocycles. The molecule has 0 radical (unpaired) electrons. The molecule has 0 unspecified atom stereocenters. The Labute approximate surface area is 158 Å². The molecule has 27 heavy (non-hydrogen) atoms. The van der Waals surface area contributed by atoms with E-state index in [0.717, 1.165) is 59.5 Å². The lowest BCUT2D eigenvalue weighted by Gasteiger charge is -2.22. The largest absolute Gasteiger partial charge is 0.497 e. The molecule has 0 atom stereocenters. The molecule has 138 valence electrons. The van der Waals surface area contributed by atoms with Gasteiger partial charge in [0.25, 0.3) is 0 Å². The van der Waals surface area contributed by atoms with Crippen LogP contribution in [0.1, 0.15) is 18.2 Å². The van der Waals surface area contributed by atoms with Crippen LogP contribution in [0, 0.1) is 0 Å². The highest BCUT2D eigenvalue weighted by molar-refractivity contribution is 5.58. The molecule has 6 heteroatoms.